The molecule has 0 atom stereocenters. The number of hydrogen-bond acceptors (Lipinski definition) is 3. The Balaban J connectivity index is 2.54. The summed E-state index contributed by atoms with van der Waals surface area (Å²) in [5.74, 6) is -0.827. The van der Waals surface area contributed by atoms with Gasteiger partial charge in [0.05, 0.1) is 4.01 Å². The van der Waals surface area contributed by atoms with Gasteiger partial charge in [0.15, 0.2) is 0 Å². The molecule has 2 aromatic heterocycles. The van der Waals surface area contributed by atoms with Crippen molar-refractivity contribution in [1.82, 2.24) is 0 Å². The van der Waals surface area contributed by atoms with Gasteiger partial charge in [-0.25, -0.2) is 4.79 Å². The van der Waals surface area contributed by atoms with Crippen molar-refractivity contribution in [2.24, 2.45) is 0 Å². The van der Waals surface area contributed by atoms with Crippen LogP contribution < -0.4 is 0 Å². The molecule has 2 nitrogen and oxygen atoms in total. The predicted molar refractivity (Wildman–Crippen MR) is 56.0 cm³/mol. The highest BCUT2D eigenvalue weighted by Crippen LogP contribution is 2.33. The third-order valence-electron chi connectivity index (χ3n) is 1.82. The monoisotopic (exact) mass is 212 g/mol. The fourth-order valence-electron chi connectivity index (χ4n) is 1.17. The number of thiophene rings is 2. The van der Waals surface area contributed by atoms with Gasteiger partial charge >= 0.3 is 5.97 Å². The van der Waals surface area contributed by atoms with Crippen molar-refractivity contribution in [3.8, 4) is 0 Å². The fourth-order valence-corrected chi connectivity index (χ4v) is 3.44. The molecule has 0 spiro atoms. The zero-order chi connectivity index (χ0) is 9.42. The van der Waals surface area contributed by atoms with Crippen molar-refractivity contribution in [1.29, 1.82) is 0 Å². The highest BCUT2D eigenvalue weighted by atomic mass is 32.2. The number of carboxylic acid groups (broad SMARTS) is 1. The Morgan fingerprint density at radius 2 is 2.23 bits per heavy atom. The first-order valence-electron chi connectivity index (χ1n) is 3.96. The zero-order valence-corrected chi connectivity index (χ0v) is 8.67. The van der Waals surface area contributed by atoms with Crippen LogP contribution in [0.5, 0.6) is 0 Å². The molecule has 0 unspecified atom stereocenters. The minimum atomic E-state index is -0.827. The Morgan fingerprint density at radius 3 is 2.77 bits per heavy atom. The van der Waals surface area contributed by atoms with Gasteiger partial charge in [-0.3, -0.25) is 0 Å². The molecule has 0 bridgehead atoms. The molecule has 0 aliphatic carbocycles. The van der Waals surface area contributed by atoms with E-state index in [0.29, 0.717) is 4.88 Å². The summed E-state index contributed by atoms with van der Waals surface area (Å²) < 4.78 is 1.12. The van der Waals surface area contributed by atoms with Crippen molar-refractivity contribution in [2.75, 3.05) is 0 Å². The van der Waals surface area contributed by atoms with Gasteiger partial charge in [0, 0.05) is 10.3 Å². The number of aryl methyl sites for hydroxylation is 1. The number of rotatable bonds is 2. The maximum absolute atomic E-state index is 10.6. The van der Waals surface area contributed by atoms with Crippen LogP contribution in [0.4, 0.5) is 0 Å². The third-order valence-corrected chi connectivity index (χ3v) is 4.35. The second kappa shape index (κ2) is 3.12. The SMILES string of the molecule is CCc1cc2cc(C(=O)O)sc2s1. The average Bonchev–Trinajstić information content (AvgIpc) is 2.58. The van der Waals surface area contributed by atoms with Gasteiger partial charge in [-0.2, -0.15) is 0 Å². The zero-order valence-electron chi connectivity index (χ0n) is 7.03. The molecule has 0 amide bonds. The van der Waals surface area contributed by atoms with Crippen molar-refractivity contribution in [2.45, 2.75) is 13.3 Å². The molecule has 13 heavy (non-hydrogen) atoms. The summed E-state index contributed by atoms with van der Waals surface area (Å²) in [6.07, 6.45) is 1.02. The lowest BCUT2D eigenvalue weighted by atomic mass is 10.3. The normalized spacial score (nSPS) is 10.8. The molecule has 0 saturated carbocycles. The van der Waals surface area contributed by atoms with Gasteiger partial charge in [0.1, 0.15) is 4.88 Å². The van der Waals surface area contributed by atoms with Gasteiger partial charge < -0.3 is 5.11 Å². The lowest BCUT2D eigenvalue weighted by Gasteiger charge is -1.84. The van der Waals surface area contributed by atoms with Crippen LogP contribution in [0.15, 0.2) is 12.1 Å². The largest absolute Gasteiger partial charge is 0.477 e. The topological polar surface area (TPSA) is 37.3 Å². The molecular formula is C9H8O2S2. The first kappa shape index (κ1) is 8.72. The molecule has 2 aromatic rings. The Kier molecular flexibility index (Phi) is 2.09. The Morgan fingerprint density at radius 1 is 1.46 bits per heavy atom. The Hall–Kier alpha value is -0.870. The lowest BCUT2D eigenvalue weighted by molar-refractivity contribution is 0.0702. The molecule has 2 heterocycles. The molecule has 4 heteroatoms. The number of hydrogen-bond donors (Lipinski definition) is 1. The Labute approximate surface area is 83.4 Å². The predicted octanol–water partition coefficient (Wildman–Crippen LogP) is 3.22. The number of carbonyl (C=O) groups is 1. The molecule has 0 aliphatic heterocycles. The molecule has 0 fully saturated rings. The van der Waals surface area contributed by atoms with Crippen LogP contribution in [0.1, 0.15) is 21.5 Å². The van der Waals surface area contributed by atoms with Crippen molar-refractivity contribution in [3.05, 3.63) is 21.9 Å². The van der Waals surface area contributed by atoms with Gasteiger partial charge in [0.25, 0.3) is 0 Å². The standard InChI is InChI=1S/C9H8O2S2/c1-2-6-3-5-4-7(8(10)11)13-9(5)12-6/h3-4H,2H2,1H3,(H,10,11). The number of aromatic carboxylic acids is 1. The van der Waals surface area contributed by atoms with Crippen LogP contribution in [0.25, 0.3) is 9.40 Å². The average molecular weight is 212 g/mol. The van der Waals surface area contributed by atoms with Gasteiger partial charge in [-0.1, -0.05) is 6.92 Å². The van der Waals surface area contributed by atoms with E-state index in [1.165, 1.54) is 16.2 Å². The second-order valence-electron chi connectivity index (χ2n) is 2.72. The van der Waals surface area contributed by atoms with E-state index < -0.39 is 5.97 Å². The lowest BCUT2D eigenvalue weighted by Crippen LogP contribution is -1.89. The van der Waals surface area contributed by atoms with E-state index in [4.69, 9.17) is 5.11 Å². The molecule has 1 N–H and O–H groups in total. The van der Waals surface area contributed by atoms with Crippen LogP contribution in [-0.4, -0.2) is 11.1 Å². The molecule has 2 rings (SSSR count). The van der Waals surface area contributed by atoms with E-state index in [1.54, 1.807) is 17.4 Å². The minimum absolute atomic E-state index is 0.434. The minimum Gasteiger partial charge on any atom is -0.477 e. The summed E-state index contributed by atoms with van der Waals surface area (Å²) in [6.45, 7) is 2.10. The summed E-state index contributed by atoms with van der Waals surface area (Å²) in [5.41, 5.74) is 0. The molecule has 0 aromatic carbocycles. The molecule has 0 saturated heterocycles. The first-order chi connectivity index (χ1) is 6.20. The van der Waals surface area contributed by atoms with Crippen LogP contribution in [0.3, 0.4) is 0 Å². The van der Waals surface area contributed by atoms with E-state index in [0.717, 1.165) is 15.8 Å². The molecule has 68 valence electrons. The smallest absolute Gasteiger partial charge is 0.345 e. The number of fused-ring (bicyclic) bond motifs is 1. The maximum Gasteiger partial charge on any atom is 0.345 e. The summed E-state index contributed by atoms with van der Waals surface area (Å²) in [4.78, 5) is 12.4. The molecule has 0 radical (unpaired) electrons. The van der Waals surface area contributed by atoms with Crippen molar-refractivity contribution < 1.29 is 9.90 Å². The summed E-state index contributed by atoms with van der Waals surface area (Å²) >= 11 is 3.05. The third kappa shape index (κ3) is 1.47. The summed E-state index contributed by atoms with van der Waals surface area (Å²) in [7, 11) is 0. The van der Waals surface area contributed by atoms with Crippen LogP contribution in [0.2, 0.25) is 0 Å². The highest BCUT2D eigenvalue weighted by Gasteiger charge is 2.10. The van der Waals surface area contributed by atoms with E-state index >= 15 is 0 Å². The second-order valence-corrected chi connectivity index (χ2v) is 5.17. The van der Waals surface area contributed by atoms with Gasteiger partial charge in [-0.05, 0) is 18.6 Å². The van der Waals surface area contributed by atoms with Crippen LogP contribution in [0, 0.1) is 0 Å². The van der Waals surface area contributed by atoms with Crippen LogP contribution in [-0.2, 0) is 6.42 Å². The molecular weight excluding hydrogens is 204 g/mol. The van der Waals surface area contributed by atoms with Crippen LogP contribution >= 0.6 is 22.7 Å². The maximum atomic E-state index is 10.6. The van der Waals surface area contributed by atoms with Gasteiger partial charge in [0.2, 0.25) is 0 Å². The number of carboxylic acids is 1. The van der Waals surface area contributed by atoms with E-state index in [-0.39, 0.29) is 0 Å². The summed E-state index contributed by atoms with van der Waals surface area (Å²) in [5, 5.41) is 9.82. The van der Waals surface area contributed by atoms with Crippen molar-refractivity contribution >= 4 is 38.0 Å². The summed E-state index contributed by atoms with van der Waals surface area (Å²) in [6, 6.07) is 3.82. The highest BCUT2D eigenvalue weighted by molar-refractivity contribution is 7.39. The quantitative estimate of drug-likeness (QED) is 0.829. The van der Waals surface area contributed by atoms with Gasteiger partial charge in [-0.15, -0.1) is 22.7 Å². The Bertz CT molecular complexity index is 422. The van der Waals surface area contributed by atoms with Crippen molar-refractivity contribution in [3.63, 3.8) is 0 Å². The van der Waals surface area contributed by atoms with E-state index in [2.05, 4.69) is 13.0 Å². The fraction of sp³-hybridized carbons (Fsp3) is 0.222. The van der Waals surface area contributed by atoms with E-state index in [1.807, 2.05) is 0 Å². The first-order valence-corrected chi connectivity index (χ1v) is 5.59. The van der Waals surface area contributed by atoms with E-state index in [9.17, 15) is 4.79 Å². The molecule has 0 aliphatic rings.